The second-order valence-electron chi connectivity index (χ2n) is 4.74. The van der Waals surface area contributed by atoms with Crippen molar-refractivity contribution < 1.29 is 9.90 Å². The fraction of sp³-hybridized carbons (Fsp3) is 0.357. The molecule has 2 aromatic rings. The third-order valence-corrected chi connectivity index (χ3v) is 3.57. The molecule has 1 aromatic heterocycles. The van der Waals surface area contributed by atoms with Crippen LogP contribution >= 0.6 is 0 Å². The van der Waals surface area contributed by atoms with Crippen molar-refractivity contribution in [2.45, 2.75) is 18.9 Å². The number of aliphatic hydroxyl groups is 1. The summed E-state index contributed by atoms with van der Waals surface area (Å²) in [5.41, 5.74) is 2.10. The number of fused-ring (bicyclic) bond motifs is 1. The highest BCUT2D eigenvalue weighted by Crippen LogP contribution is 2.21. The smallest absolute Gasteiger partial charge is 0.254 e. The Bertz CT molecular complexity index is 614. The third-order valence-electron chi connectivity index (χ3n) is 3.57. The summed E-state index contributed by atoms with van der Waals surface area (Å²) in [6.45, 7) is 0.738. The summed E-state index contributed by atoms with van der Waals surface area (Å²) in [6.07, 6.45) is 5.06. The Morgan fingerprint density at radius 1 is 1.32 bits per heavy atom. The molecule has 1 saturated heterocycles. The van der Waals surface area contributed by atoms with Crippen molar-refractivity contribution >= 4 is 16.9 Å². The van der Waals surface area contributed by atoms with Crippen LogP contribution in [-0.2, 0) is 0 Å². The van der Waals surface area contributed by atoms with Crippen molar-refractivity contribution in [3.63, 3.8) is 0 Å². The Kier molecular flexibility index (Phi) is 3.13. The summed E-state index contributed by atoms with van der Waals surface area (Å²) in [5, 5.41) is 9.29. The van der Waals surface area contributed by atoms with E-state index in [4.69, 9.17) is 0 Å². The molecule has 0 saturated carbocycles. The fourth-order valence-electron chi connectivity index (χ4n) is 2.56. The van der Waals surface area contributed by atoms with E-state index in [0.29, 0.717) is 17.6 Å². The first-order valence-corrected chi connectivity index (χ1v) is 6.42. The largest absolute Gasteiger partial charge is 0.394 e. The molecule has 1 aliphatic heterocycles. The van der Waals surface area contributed by atoms with Crippen LogP contribution in [0.1, 0.15) is 23.2 Å². The van der Waals surface area contributed by atoms with Gasteiger partial charge in [-0.25, -0.2) is 0 Å². The minimum absolute atomic E-state index is 0.0269. The zero-order valence-electron chi connectivity index (χ0n) is 10.5. The molecule has 0 spiro atoms. The first kappa shape index (κ1) is 12.0. The predicted molar refractivity (Wildman–Crippen MR) is 70.7 cm³/mol. The van der Waals surface area contributed by atoms with Gasteiger partial charge in [0.25, 0.3) is 5.91 Å². The second kappa shape index (κ2) is 4.93. The average molecular weight is 257 g/mol. The molecule has 1 atom stereocenters. The van der Waals surface area contributed by atoms with E-state index < -0.39 is 0 Å². The molecule has 1 aromatic carbocycles. The van der Waals surface area contributed by atoms with E-state index in [1.54, 1.807) is 35.5 Å². The van der Waals surface area contributed by atoms with Gasteiger partial charge in [0.15, 0.2) is 0 Å². The lowest BCUT2D eigenvalue weighted by Gasteiger charge is -2.23. The van der Waals surface area contributed by atoms with Gasteiger partial charge in [-0.1, -0.05) is 0 Å². The Morgan fingerprint density at radius 3 is 2.89 bits per heavy atom. The summed E-state index contributed by atoms with van der Waals surface area (Å²) >= 11 is 0. The monoisotopic (exact) mass is 257 g/mol. The summed E-state index contributed by atoms with van der Waals surface area (Å²) < 4.78 is 0. The summed E-state index contributed by atoms with van der Waals surface area (Å²) in [7, 11) is 0. The van der Waals surface area contributed by atoms with Crippen molar-refractivity contribution in [1.82, 2.24) is 14.9 Å². The van der Waals surface area contributed by atoms with E-state index in [1.807, 2.05) is 0 Å². The maximum atomic E-state index is 12.4. The van der Waals surface area contributed by atoms with Gasteiger partial charge in [-0.2, -0.15) is 0 Å². The lowest BCUT2D eigenvalue weighted by molar-refractivity contribution is 0.0678. The highest BCUT2D eigenvalue weighted by Gasteiger charge is 2.28. The number of rotatable bonds is 2. The quantitative estimate of drug-likeness (QED) is 0.878. The Balaban J connectivity index is 1.93. The van der Waals surface area contributed by atoms with Crippen LogP contribution in [0.4, 0.5) is 0 Å². The lowest BCUT2D eigenvalue weighted by atomic mass is 10.1. The fourth-order valence-corrected chi connectivity index (χ4v) is 2.56. The summed E-state index contributed by atoms with van der Waals surface area (Å²) in [6, 6.07) is 5.29. The van der Waals surface area contributed by atoms with Crippen molar-refractivity contribution in [1.29, 1.82) is 0 Å². The molecule has 1 fully saturated rings. The first-order chi connectivity index (χ1) is 9.29. The Labute approximate surface area is 110 Å². The maximum Gasteiger partial charge on any atom is 0.254 e. The van der Waals surface area contributed by atoms with Gasteiger partial charge in [-0.3, -0.25) is 14.8 Å². The average Bonchev–Trinajstić information content (AvgIpc) is 2.94. The van der Waals surface area contributed by atoms with Gasteiger partial charge in [0.05, 0.1) is 23.7 Å². The molecule has 1 amide bonds. The molecule has 0 bridgehead atoms. The van der Waals surface area contributed by atoms with Crippen LogP contribution in [0.25, 0.3) is 11.0 Å². The number of nitrogens with zero attached hydrogens (tertiary/aromatic N) is 3. The van der Waals surface area contributed by atoms with Crippen molar-refractivity contribution in [2.75, 3.05) is 13.2 Å². The van der Waals surface area contributed by atoms with Gasteiger partial charge in [-0.15, -0.1) is 0 Å². The van der Waals surface area contributed by atoms with Crippen LogP contribution in [0, 0.1) is 0 Å². The van der Waals surface area contributed by atoms with E-state index in [-0.39, 0.29) is 18.6 Å². The number of carbonyl (C=O) groups is 1. The minimum atomic E-state index is -0.0509. The van der Waals surface area contributed by atoms with Gasteiger partial charge >= 0.3 is 0 Å². The molecule has 98 valence electrons. The zero-order valence-corrected chi connectivity index (χ0v) is 10.5. The zero-order chi connectivity index (χ0) is 13.2. The normalized spacial score (nSPS) is 19.0. The molecule has 1 N–H and O–H groups in total. The SMILES string of the molecule is O=C(c1ccc2nccnc2c1)N1CCC[C@H]1CO. The third kappa shape index (κ3) is 2.17. The molecule has 2 heterocycles. The number of carbonyl (C=O) groups excluding carboxylic acids is 1. The van der Waals surface area contributed by atoms with Crippen molar-refractivity contribution in [2.24, 2.45) is 0 Å². The predicted octanol–water partition coefficient (Wildman–Crippen LogP) is 1.23. The molecule has 0 radical (unpaired) electrons. The van der Waals surface area contributed by atoms with Crippen LogP contribution < -0.4 is 0 Å². The molecule has 1 aliphatic rings. The Hall–Kier alpha value is -2.01. The van der Waals surface area contributed by atoms with Crippen LogP contribution in [0.15, 0.2) is 30.6 Å². The molecule has 0 aliphatic carbocycles. The number of benzene rings is 1. The van der Waals surface area contributed by atoms with Crippen LogP contribution in [-0.4, -0.2) is 45.1 Å². The molecule has 0 unspecified atom stereocenters. The molecule has 19 heavy (non-hydrogen) atoms. The molecular formula is C14H15N3O2. The van der Waals surface area contributed by atoms with Crippen LogP contribution in [0.5, 0.6) is 0 Å². The van der Waals surface area contributed by atoms with Gasteiger partial charge in [0.2, 0.25) is 0 Å². The highest BCUT2D eigenvalue weighted by atomic mass is 16.3. The first-order valence-electron chi connectivity index (χ1n) is 6.42. The number of hydrogen-bond donors (Lipinski definition) is 1. The second-order valence-corrected chi connectivity index (χ2v) is 4.74. The summed E-state index contributed by atoms with van der Waals surface area (Å²) in [5.74, 6) is -0.0379. The van der Waals surface area contributed by atoms with Gasteiger partial charge in [-0.05, 0) is 31.0 Å². The molecule has 5 nitrogen and oxygen atoms in total. The lowest BCUT2D eigenvalue weighted by Crippen LogP contribution is -2.37. The number of aromatic nitrogens is 2. The maximum absolute atomic E-state index is 12.4. The number of likely N-dealkylation sites (tertiary alicyclic amines) is 1. The number of hydrogen-bond acceptors (Lipinski definition) is 4. The molecular weight excluding hydrogens is 242 g/mol. The van der Waals surface area contributed by atoms with E-state index in [1.165, 1.54) is 0 Å². The van der Waals surface area contributed by atoms with E-state index in [2.05, 4.69) is 9.97 Å². The number of amides is 1. The van der Waals surface area contributed by atoms with Gasteiger partial charge < -0.3 is 10.0 Å². The minimum Gasteiger partial charge on any atom is -0.394 e. The van der Waals surface area contributed by atoms with Gasteiger partial charge in [0.1, 0.15) is 0 Å². The van der Waals surface area contributed by atoms with Crippen molar-refractivity contribution in [3.8, 4) is 0 Å². The molecule has 3 rings (SSSR count). The highest BCUT2D eigenvalue weighted by molar-refractivity contribution is 5.97. The van der Waals surface area contributed by atoms with Gasteiger partial charge in [0, 0.05) is 24.5 Å². The van der Waals surface area contributed by atoms with Crippen LogP contribution in [0.3, 0.4) is 0 Å². The van der Waals surface area contributed by atoms with E-state index in [0.717, 1.165) is 18.4 Å². The standard InChI is InChI=1S/C14H15N3O2/c18-9-11-2-1-7-17(11)14(19)10-3-4-12-13(8-10)16-6-5-15-12/h3-6,8,11,18H,1-2,7,9H2/t11-/m0/s1. The van der Waals surface area contributed by atoms with Crippen LogP contribution in [0.2, 0.25) is 0 Å². The topological polar surface area (TPSA) is 66.3 Å². The van der Waals surface area contributed by atoms with E-state index >= 15 is 0 Å². The van der Waals surface area contributed by atoms with E-state index in [9.17, 15) is 9.90 Å². The molecule has 5 heteroatoms. The summed E-state index contributed by atoms with van der Waals surface area (Å²) in [4.78, 5) is 22.6. The van der Waals surface area contributed by atoms with Crippen molar-refractivity contribution in [3.05, 3.63) is 36.2 Å². The Morgan fingerprint density at radius 2 is 2.11 bits per heavy atom. The number of aliphatic hydroxyl groups excluding tert-OH is 1.